The lowest BCUT2D eigenvalue weighted by Crippen LogP contribution is -2.68. The molecule has 0 radical (unpaired) electrons. The summed E-state index contributed by atoms with van der Waals surface area (Å²) in [6, 6.07) is -0.627. The second kappa shape index (κ2) is 6.47. The Bertz CT molecular complexity index is 677. The molecule has 1 saturated heterocycles. The maximum atomic E-state index is 11.9. The lowest BCUT2D eigenvalue weighted by Gasteiger charge is -2.48. The van der Waals surface area contributed by atoms with Crippen LogP contribution in [0, 0.1) is 0 Å². The van der Waals surface area contributed by atoms with Crippen LogP contribution in [0.2, 0.25) is 0 Å². The fourth-order valence-electron chi connectivity index (χ4n) is 2.35. The van der Waals surface area contributed by atoms with E-state index in [9.17, 15) is 14.7 Å². The molecular formula is C11H14N6O4S2. The molecule has 1 amide bonds. The van der Waals surface area contributed by atoms with Crippen LogP contribution in [0.3, 0.4) is 0 Å². The zero-order valence-electron chi connectivity index (χ0n) is 12.1. The highest BCUT2D eigenvalue weighted by Crippen LogP contribution is 2.40. The van der Waals surface area contributed by atoms with Gasteiger partial charge in [-0.05, 0) is 16.0 Å². The molecule has 2 atom stereocenters. The molecule has 3 N–H and O–H groups in total. The number of carbonyl (C=O) groups excluding carboxylic acids is 1. The Morgan fingerprint density at radius 3 is 3.09 bits per heavy atom. The molecular weight excluding hydrogens is 344 g/mol. The van der Waals surface area contributed by atoms with Gasteiger partial charge in [0.2, 0.25) is 11.1 Å². The molecule has 1 aromatic heterocycles. The molecule has 3 heterocycles. The van der Waals surface area contributed by atoms with Gasteiger partial charge in [0.1, 0.15) is 23.8 Å². The van der Waals surface area contributed by atoms with Gasteiger partial charge in [-0.2, -0.15) is 4.68 Å². The first-order valence-corrected chi connectivity index (χ1v) is 8.61. The van der Waals surface area contributed by atoms with E-state index in [1.807, 2.05) is 0 Å². The maximum absolute atomic E-state index is 11.9. The van der Waals surface area contributed by atoms with E-state index in [2.05, 4.69) is 15.5 Å². The first-order chi connectivity index (χ1) is 11.0. The van der Waals surface area contributed by atoms with Crippen LogP contribution in [0.4, 0.5) is 0 Å². The maximum Gasteiger partial charge on any atom is 0.352 e. The number of fused-ring (bicyclic) bond motifs is 1. The van der Waals surface area contributed by atoms with E-state index in [1.165, 1.54) is 40.2 Å². The number of aromatic nitrogens is 4. The summed E-state index contributed by atoms with van der Waals surface area (Å²) >= 11 is 2.76. The molecule has 1 fully saturated rings. The fraction of sp³-hybridized carbons (Fsp3) is 0.545. The second-order valence-corrected chi connectivity index (χ2v) is 6.91. The molecule has 0 spiro atoms. The first-order valence-electron chi connectivity index (χ1n) is 6.58. The van der Waals surface area contributed by atoms with E-state index in [1.54, 1.807) is 0 Å². The highest BCUT2D eigenvalue weighted by molar-refractivity contribution is 8.01. The number of methoxy groups -OCH3 is 1. The van der Waals surface area contributed by atoms with Gasteiger partial charge in [-0.1, -0.05) is 11.8 Å². The number of amides is 1. The number of nitrogens with zero attached hydrogens (tertiary/aromatic N) is 5. The van der Waals surface area contributed by atoms with Crippen molar-refractivity contribution in [1.29, 1.82) is 0 Å². The Kier molecular flexibility index (Phi) is 4.57. The molecule has 0 bridgehead atoms. The molecule has 10 nitrogen and oxygen atoms in total. The van der Waals surface area contributed by atoms with Crippen molar-refractivity contribution < 1.29 is 19.4 Å². The van der Waals surface area contributed by atoms with Crippen molar-refractivity contribution in [2.24, 2.45) is 5.73 Å². The minimum Gasteiger partial charge on any atom is -0.477 e. The van der Waals surface area contributed by atoms with E-state index in [0.29, 0.717) is 22.2 Å². The number of thioether (sulfide) groups is 2. The molecule has 23 heavy (non-hydrogen) atoms. The third-order valence-electron chi connectivity index (χ3n) is 3.42. The summed E-state index contributed by atoms with van der Waals surface area (Å²) in [5, 5.41) is 20.9. The number of hydrogen-bond acceptors (Lipinski definition) is 9. The zero-order valence-corrected chi connectivity index (χ0v) is 13.7. The number of nitrogens with two attached hydrogens (primary N) is 1. The number of aliphatic carboxylic acids is 1. The van der Waals surface area contributed by atoms with Crippen molar-refractivity contribution in [3.63, 3.8) is 0 Å². The van der Waals surface area contributed by atoms with Gasteiger partial charge in [-0.15, -0.1) is 16.9 Å². The molecule has 2 aliphatic rings. The molecule has 2 aliphatic heterocycles. The topological polar surface area (TPSA) is 136 Å². The fourth-order valence-corrected chi connectivity index (χ4v) is 4.64. The van der Waals surface area contributed by atoms with Crippen LogP contribution in [-0.2, 0) is 21.1 Å². The number of carbonyl (C=O) groups is 2. The summed E-state index contributed by atoms with van der Waals surface area (Å²) in [7, 11) is 1.53. The third kappa shape index (κ3) is 2.82. The summed E-state index contributed by atoms with van der Waals surface area (Å²) < 4.78 is 6.44. The number of carboxylic acids is 1. The van der Waals surface area contributed by atoms with Gasteiger partial charge in [-0.25, -0.2) is 4.79 Å². The SMILES string of the molecule is COCn1nnnc1SCC1=C(C(=O)O)N2C(=O)C(N)[C@H]2SC1. The smallest absolute Gasteiger partial charge is 0.352 e. The Morgan fingerprint density at radius 2 is 2.39 bits per heavy atom. The van der Waals surface area contributed by atoms with Crippen LogP contribution >= 0.6 is 23.5 Å². The number of ether oxygens (including phenoxy) is 1. The van der Waals surface area contributed by atoms with Crippen LogP contribution in [0.25, 0.3) is 0 Å². The Labute approximate surface area is 139 Å². The second-order valence-electron chi connectivity index (χ2n) is 4.86. The molecule has 0 saturated carbocycles. The quantitative estimate of drug-likeness (QED) is 0.479. The Hall–Kier alpha value is -1.63. The summed E-state index contributed by atoms with van der Waals surface area (Å²) in [6.45, 7) is 0.205. The summed E-state index contributed by atoms with van der Waals surface area (Å²) in [5.41, 5.74) is 6.39. The van der Waals surface area contributed by atoms with Crippen LogP contribution in [0.15, 0.2) is 16.4 Å². The highest BCUT2D eigenvalue weighted by atomic mass is 32.2. The molecule has 3 rings (SSSR count). The number of carboxylic acid groups (broad SMARTS) is 1. The van der Waals surface area contributed by atoms with Crippen molar-refractivity contribution >= 4 is 35.4 Å². The van der Waals surface area contributed by atoms with Crippen LogP contribution in [0.1, 0.15) is 0 Å². The monoisotopic (exact) mass is 358 g/mol. The predicted molar refractivity (Wildman–Crippen MR) is 81.3 cm³/mol. The van der Waals surface area contributed by atoms with Gasteiger partial charge in [0.05, 0.1) is 0 Å². The molecule has 0 aromatic carbocycles. The van der Waals surface area contributed by atoms with Gasteiger partial charge in [-0.3, -0.25) is 9.69 Å². The number of β-lactam (4-membered cyclic amide) rings is 1. The predicted octanol–water partition coefficient (Wildman–Crippen LogP) is -1.05. The molecule has 0 aliphatic carbocycles. The van der Waals surface area contributed by atoms with E-state index >= 15 is 0 Å². The van der Waals surface area contributed by atoms with E-state index < -0.39 is 12.0 Å². The van der Waals surface area contributed by atoms with Crippen LogP contribution in [-0.4, -0.2) is 72.1 Å². The van der Waals surface area contributed by atoms with Crippen molar-refractivity contribution in [3.8, 4) is 0 Å². The van der Waals surface area contributed by atoms with Gasteiger partial charge in [0.15, 0.2) is 0 Å². The largest absolute Gasteiger partial charge is 0.477 e. The number of tetrazole rings is 1. The summed E-state index contributed by atoms with van der Waals surface area (Å²) in [4.78, 5) is 24.7. The molecule has 124 valence electrons. The number of hydrogen-bond donors (Lipinski definition) is 2. The van der Waals surface area contributed by atoms with E-state index in [4.69, 9.17) is 10.5 Å². The normalized spacial score (nSPS) is 23.7. The average molecular weight is 358 g/mol. The summed E-state index contributed by atoms with van der Waals surface area (Å²) in [5.74, 6) is -0.610. The summed E-state index contributed by atoms with van der Waals surface area (Å²) in [6.07, 6.45) is 0. The minimum absolute atomic E-state index is 0.0266. The van der Waals surface area contributed by atoms with Crippen LogP contribution in [0.5, 0.6) is 0 Å². The van der Waals surface area contributed by atoms with Crippen molar-refractivity contribution in [3.05, 3.63) is 11.3 Å². The van der Waals surface area contributed by atoms with Crippen molar-refractivity contribution in [1.82, 2.24) is 25.1 Å². The lowest BCUT2D eigenvalue weighted by atomic mass is 10.0. The first kappa shape index (κ1) is 16.2. The van der Waals surface area contributed by atoms with Gasteiger partial charge in [0, 0.05) is 18.6 Å². The Balaban J connectivity index is 1.78. The van der Waals surface area contributed by atoms with Gasteiger partial charge in [0.25, 0.3) is 0 Å². The molecule has 1 unspecified atom stereocenters. The molecule has 1 aromatic rings. The zero-order chi connectivity index (χ0) is 16.6. The van der Waals surface area contributed by atoms with Gasteiger partial charge >= 0.3 is 5.97 Å². The highest BCUT2D eigenvalue weighted by Gasteiger charge is 2.51. The van der Waals surface area contributed by atoms with E-state index in [0.717, 1.165) is 0 Å². The average Bonchev–Trinajstić information content (AvgIpc) is 2.98. The van der Waals surface area contributed by atoms with Crippen LogP contribution < -0.4 is 5.73 Å². The van der Waals surface area contributed by atoms with Crippen molar-refractivity contribution in [2.75, 3.05) is 18.6 Å². The minimum atomic E-state index is -1.12. The lowest BCUT2D eigenvalue weighted by molar-refractivity contribution is -0.147. The molecule has 12 heteroatoms. The van der Waals surface area contributed by atoms with Gasteiger partial charge < -0.3 is 15.6 Å². The Morgan fingerprint density at radius 1 is 1.61 bits per heavy atom. The van der Waals surface area contributed by atoms with E-state index in [-0.39, 0.29) is 23.7 Å². The number of rotatable bonds is 6. The van der Waals surface area contributed by atoms with Crippen molar-refractivity contribution in [2.45, 2.75) is 23.3 Å². The standard InChI is InChI=1S/C11H14N6O4S2/c1-21-4-16-11(13-14-15-16)23-3-5-2-22-9-6(12)8(18)17(9)7(5)10(19)20/h6,9H,2-4,12H2,1H3,(H,19,20)/t6?,9-/m1/s1. The third-order valence-corrected chi connectivity index (χ3v) is 5.82.